The van der Waals surface area contributed by atoms with Gasteiger partial charge in [0, 0.05) is 10.8 Å². The van der Waals surface area contributed by atoms with E-state index >= 15 is 0 Å². The summed E-state index contributed by atoms with van der Waals surface area (Å²) in [7, 11) is 0. The third kappa shape index (κ3) is 2.79. The second-order valence-corrected chi connectivity index (χ2v) is 4.21. The second kappa shape index (κ2) is 3.54. The first kappa shape index (κ1) is 10.9. The van der Waals surface area contributed by atoms with E-state index in [2.05, 4.69) is 25.8 Å². The van der Waals surface area contributed by atoms with E-state index in [-0.39, 0.29) is 22.4 Å². The van der Waals surface area contributed by atoms with Gasteiger partial charge in [0.05, 0.1) is 5.69 Å². The highest BCUT2D eigenvalue weighted by atomic mass is 79.9. The highest BCUT2D eigenvalue weighted by Crippen LogP contribution is 2.24. The predicted octanol–water partition coefficient (Wildman–Crippen LogP) is -0.973. The molecule has 0 aliphatic heterocycles. The molecule has 0 aliphatic rings. The molecule has 0 saturated carbocycles. The van der Waals surface area contributed by atoms with Crippen LogP contribution in [0.25, 0.3) is 0 Å². The number of rotatable bonds is 0. The molecule has 0 fully saturated rings. The molecule has 0 saturated heterocycles. The number of nitrogens with zero attached hydrogens (tertiary/aromatic N) is 1. The summed E-state index contributed by atoms with van der Waals surface area (Å²) in [4.78, 5) is 4.18. The Morgan fingerprint density at radius 3 is 2.18 bits per heavy atom. The minimum absolute atomic E-state index is 0. The number of hydrogen-bond donors (Lipinski definition) is 1. The van der Waals surface area contributed by atoms with E-state index in [4.69, 9.17) is 5.73 Å². The molecule has 0 atom stereocenters. The van der Waals surface area contributed by atoms with Crippen molar-refractivity contribution < 1.29 is 17.0 Å². The Morgan fingerprint density at radius 1 is 1.45 bits per heavy atom. The Morgan fingerprint density at radius 2 is 2.00 bits per heavy atom. The lowest BCUT2D eigenvalue weighted by Gasteiger charge is -2.13. The largest absolute Gasteiger partial charge is 1.00 e. The summed E-state index contributed by atoms with van der Waals surface area (Å²) in [6.45, 7) is 6.38. The molecule has 0 aromatic carbocycles. The van der Waals surface area contributed by atoms with Gasteiger partial charge in [-0.2, -0.15) is 0 Å². The second-order valence-electron chi connectivity index (χ2n) is 3.32. The van der Waals surface area contributed by atoms with Gasteiger partial charge in [0.2, 0.25) is 0 Å². The Labute approximate surface area is 81.6 Å². The minimum Gasteiger partial charge on any atom is -1.00 e. The van der Waals surface area contributed by atoms with E-state index in [1.54, 1.807) is 0 Å². The van der Waals surface area contributed by atoms with Crippen LogP contribution in [-0.2, 0) is 5.41 Å². The van der Waals surface area contributed by atoms with Gasteiger partial charge in [0.15, 0.2) is 5.13 Å². The summed E-state index contributed by atoms with van der Waals surface area (Å²) in [6.07, 6.45) is 0. The maximum Gasteiger partial charge on any atom is 0.180 e. The zero-order chi connectivity index (χ0) is 7.78. The molecule has 0 bridgehead atoms. The Bertz CT molecular complexity index is 227. The van der Waals surface area contributed by atoms with Crippen molar-refractivity contribution in [3.05, 3.63) is 11.1 Å². The maximum absolute atomic E-state index is 5.48. The number of aromatic nitrogens is 1. The van der Waals surface area contributed by atoms with Gasteiger partial charge in [-0.25, -0.2) is 4.98 Å². The first-order valence-corrected chi connectivity index (χ1v) is 4.09. The van der Waals surface area contributed by atoms with Crippen molar-refractivity contribution in [3.63, 3.8) is 0 Å². The van der Waals surface area contributed by atoms with Crippen LogP contribution in [0.4, 0.5) is 5.13 Å². The molecule has 0 spiro atoms. The Hall–Kier alpha value is -0.0900. The molecular formula is C7H12BrN2S-. The minimum atomic E-state index is 0. The molecule has 2 N–H and O–H groups in total. The molecular weight excluding hydrogens is 224 g/mol. The first-order chi connectivity index (χ1) is 4.50. The van der Waals surface area contributed by atoms with Crippen molar-refractivity contribution in [2.45, 2.75) is 26.2 Å². The van der Waals surface area contributed by atoms with E-state index in [1.807, 2.05) is 5.38 Å². The van der Waals surface area contributed by atoms with Crippen LogP contribution in [0, 0.1) is 0 Å². The fourth-order valence-corrected chi connectivity index (χ4v) is 1.42. The summed E-state index contributed by atoms with van der Waals surface area (Å²) < 4.78 is 0. The molecule has 0 aliphatic carbocycles. The predicted molar refractivity (Wildman–Crippen MR) is 45.2 cm³/mol. The monoisotopic (exact) mass is 235 g/mol. The quantitative estimate of drug-likeness (QED) is 0.629. The lowest BCUT2D eigenvalue weighted by atomic mass is 9.93. The van der Waals surface area contributed by atoms with Crippen LogP contribution in [0.5, 0.6) is 0 Å². The van der Waals surface area contributed by atoms with Crippen LogP contribution in [0.15, 0.2) is 5.38 Å². The van der Waals surface area contributed by atoms with Crippen molar-refractivity contribution in [2.24, 2.45) is 0 Å². The summed E-state index contributed by atoms with van der Waals surface area (Å²) in [5.41, 5.74) is 6.69. The van der Waals surface area contributed by atoms with Gasteiger partial charge in [-0.15, -0.1) is 11.3 Å². The number of anilines is 1. The van der Waals surface area contributed by atoms with Gasteiger partial charge in [-0.05, 0) is 0 Å². The van der Waals surface area contributed by atoms with E-state index in [9.17, 15) is 0 Å². The Kier molecular flexibility index (Phi) is 3.51. The van der Waals surface area contributed by atoms with Gasteiger partial charge in [-0.1, -0.05) is 20.8 Å². The fraction of sp³-hybridized carbons (Fsp3) is 0.571. The number of halogens is 1. The lowest BCUT2D eigenvalue weighted by Crippen LogP contribution is -3.00. The lowest BCUT2D eigenvalue weighted by molar-refractivity contribution is -0.00000257. The zero-order valence-electron chi connectivity index (χ0n) is 6.89. The molecule has 1 aromatic heterocycles. The molecule has 1 rings (SSSR count). The van der Waals surface area contributed by atoms with E-state index < -0.39 is 0 Å². The van der Waals surface area contributed by atoms with E-state index in [0.29, 0.717) is 5.13 Å². The molecule has 0 amide bonds. The number of hydrogen-bond acceptors (Lipinski definition) is 3. The maximum atomic E-state index is 5.48. The first-order valence-electron chi connectivity index (χ1n) is 3.21. The van der Waals surface area contributed by atoms with Gasteiger partial charge in [0.25, 0.3) is 0 Å². The molecule has 2 nitrogen and oxygen atoms in total. The highest BCUT2D eigenvalue weighted by molar-refractivity contribution is 7.13. The number of thiazole rings is 1. The summed E-state index contributed by atoms with van der Waals surface area (Å²) in [5, 5.41) is 2.67. The van der Waals surface area contributed by atoms with Crippen molar-refractivity contribution in [2.75, 3.05) is 5.73 Å². The highest BCUT2D eigenvalue weighted by Gasteiger charge is 2.16. The topological polar surface area (TPSA) is 38.9 Å². The standard InChI is InChI=1S/C7H12N2S.BrH/c1-7(2,3)5-4-10-6(8)9-5;/h4H,1-3H3,(H2,8,9);1H/p-1. The average Bonchev–Trinajstić information content (AvgIpc) is 2.11. The SMILES string of the molecule is CC(C)(C)c1csc(N)n1.[Br-]. The molecule has 11 heavy (non-hydrogen) atoms. The van der Waals surface area contributed by atoms with E-state index in [1.165, 1.54) is 11.3 Å². The fourth-order valence-electron chi connectivity index (χ4n) is 0.632. The molecule has 1 heterocycles. The smallest absolute Gasteiger partial charge is 0.180 e. The molecule has 4 heteroatoms. The van der Waals surface area contributed by atoms with Crippen molar-refractivity contribution in [3.8, 4) is 0 Å². The number of nitrogens with two attached hydrogens (primary N) is 1. The van der Waals surface area contributed by atoms with Crippen LogP contribution < -0.4 is 22.7 Å². The van der Waals surface area contributed by atoms with Crippen molar-refractivity contribution in [1.29, 1.82) is 0 Å². The van der Waals surface area contributed by atoms with Crippen LogP contribution in [-0.4, -0.2) is 4.98 Å². The van der Waals surface area contributed by atoms with Gasteiger partial charge in [0.1, 0.15) is 0 Å². The zero-order valence-corrected chi connectivity index (χ0v) is 9.29. The third-order valence-electron chi connectivity index (χ3n) is 1.29. The molecule has 0 unspecified atom stereocenters. The average molecular weight is 236 g/mol. The molecule has 64 valence electrons. The molecule has 1 aromatic rings. The van der Waals surface area contributed by atoms with Crippen LogP contribution in [0.1, 0.15) is 26.5 Å². The van der Waals surface area contributed by atoms with E-state index in [0.717, 1.165) is 5.69 Å². The summed E-state index contributed by atoms with van der Waals surface area (Å²) in [5.74, 6) is 0. The van der Waals surface area contributed by atoms with Gasteiger partial charge >= 0.3 is 0 Å². The summed E-state index contributed by atoms with van der Waals surface area (Å²) in [6, 6.07) is 0. The van der Waals surface area contributed by atoms with Crippen LogP contribution in [0.3, 0.4) is 0 Å². The summed E-state index contributed by atoms with van der Waals surface area (Å²) >= 11 is 1.50. The van der Waals surface area contributed by atoms with Crippen LogP contribution >= 0.6 is 11.3 Å². The van der Waals surface area contributed by atoms with Crippen LogP contribution in [0.2, 0.25) is 0 Å². The third-order valence-corrected chi connectivity index (χ3v) is 1.96. The van der Waals surface area contributed by atoms with Crippen molar-refractivity contribution >= 4 is 16.5 Å². The Balaban J connectivity index is 0.000001000. The normalized spacial score (nSPS) is 10.8. The molecule has 0 radical (unpaired) electrons. The number of nitrogen functional groups attached to an aromatic ring is 1. The van der Waals surface area contributed by atoms with Gasteiger partial charge < -0.3 is 22.7 Å². The van der Waals surface area contributed by atoms with Crippen molar-refractivity contribution in [1.82, 2.24) is 4.98 Å². The van der Waals surface area contributed by atoms with Gasteiger partial charge in [-0.3, -0.25) is 0 Å².